The Morgan fingerprint density at radius 2 is 0.973 bits per heavy atom. The maximum Gasteiger partial charge on any atom is 0.147 e. The fourth-order valence-corrected chi connectivity index (χ4v) is 7.06. The molecule has 0 spiro atoms. The smallest absolute Gasteiger partial charge is 0.147 e. The summed E-state index contributed by atoms with van der Waals surface area (Å²) >= 11 is 21.9. The summed E-state index contributed by atoms with van der Waals surface area (Å²) in [5.41, 5.74) is 1.98. The number of hydrogen-bond donors (Lipinski definition) is 0. The van der Waals surface area contributed by atoms with Gasteiger partial charge in [-0.05, 0) is 112 Å². The molecule has 2 unspecified atom stereocenters. The lowest BCUT2D eigenvalue weighted by molar-refractivity contribution is 0.0360. The predicted octanol–water partition coefficient (Wildman–Crippen LogP) is 10.2. The van der Waals surface area contributed by atoms with Gasteiger partial charge in [0.1, 0.15) is 36.9 Å². The highest BCUT2D eigenvalue weighted by Crippen LogP contribution is 2.44. The van der Waals surface area contributed by atoms with E-state index < -0.39 is 0 Å². The van der Waals surface area contributed by atoms with E-state index in [1.54, 1.807) is 0 Å². The quantitative estimate of drug-likeness (QED) is 0.157. The second-order valence-electron chi connectivity index (χ2n) is 9.08. The van der Waals surface area contributed by atoms with E-state index in [-0.39, 0.29) is 17.6 Å². The summed E-state index contributed by atoms with van der Waals surface area (Å²) in [7, 11) is 0. The van der Waals surface area contributed by atoms with Gasteiger partial charge in [-0.25, -0.2) is 0 Å². The molecule has 10 heteroatoms. The van der Waals surface area contributed by atoms with Gasteiger partial charge in [-0.15, -0.1) is 0 Å². The summed E-state index contributed by atoms with van der Waals surface area (Å²) in [6, 6.07) is 8.48. The summed E-state index contributed by atoms with van der Waals surface area (Å²) in [6.07, 6.45) is 1.94. The molecule has 0 aromatic heterocycles. The average Bonchev–Trinajstić information content (AvgIpc) is 2.86. The van der Waals surface area contributed by atoms with Crippen LogP contribution in [0.3, 0.4) is 0 Å². The first kappa shape index (κ1) is 34.0. The number of ether oxygens (including phenoxy) is 4. The highest BCUT2D eigenvalue weighted by molar-refractivity contribution is 9.11. The second-order valence-corrected chi connectivity index (χ2v) is 13.8. The summed E-state index contributed by atoms with van der Waals surface area (Å²) < 4.78 is 27.5. The Kier molecular flexibility index (Phi) is 15.6. The second kappa shape index (κ2) is 16.9. The molecule has 0 aliphatic rings. The van der Waals surface area contributed by atoms with Crippen LogP contribution in [0.2, 0.25) is 0 Å². The zero-order chi connectivity index (χ0) is 27.6. The van der Waals surface area contributed by atoms with Crippen molar-refractivity contribution < 1.29 is 18.9 Å². The molecule has 0 fully saturated rings. The molecule has 0 aliphatic carbocycles. The first-order valence-electron chi connectivity index (χ1n) is 12.2. The van der Waals surface area contributed by atoms with Crippen molar-refractivity contribution in [2.75, 3.05) is 37.1 Å². The van der Waals surface area contributed by atoms with Gasteiger partial charge in [0.15, 0.2) is 0 Å². The van der Waals surface area contributed by atoms with Crippen molar-refractivity contribution >= 4 is 95.6 Å². The van der Waals surface area contributed by atoms with Crippen molar-refractivity contribution in [1.29, 1.82) is 0 Å². The van der Waals surface area contributed by atoms with E-state index in [2.05, 4.69) is 148 Å². The Balaban J connectivity index is 2.23. The van der Waals surface area contributed by atoms with Crippen LogP contribution in [0.4, 0.5) is 0 Å². The van der Waals surface area contributed by atoms with Crippen LogP contribution in [0.1, 0.15) is 51.7 Å². The maximum atomic E-state index is 6.13. The lowest BCUT2D eigenvalue weighted by Gasteiger charge is -2.29. The lowest BCUT2D eigenvalue weighted by Crippen LogP contribution is -2.24. The van der Waals surface area contributed by atoms with Gasteiger partial charge in [0, 0.05) is 29.3 Å². The van der Waals surface area contributed by atoms with E-state index in [0.29, 0.717) is 26.4 Å². The normalized spacial score (nSPS) is 13.5. The van der Waals surface area contributed by atoms with Gasteiger partial charge in [-0.3, -0.25) is 0 Å². The van der Waals surface area contributed by atoms with Crippen LogP contribution < -0.4 is 9.47 Å². The molecule has 0 heterocycles. The summed E-state index contributed by atoms with van der Waals surface area (Å²) in [5.74, 6) is 1.53. The highest BCUT2D eigenvalue weighted by Gasteiger charge is 2.28. The van der Waals surface area contributed by atoms with E-state index in [1.807, 2.05) is 0 Å². The van der Waals surface area contributed by atoms with E-state index in [4.69, 9.17) is 18.9 Å². The fraction of sp³-hybridized carbons (Fsp3) is 0.556. The van der Waals surface area contributed by atoms with Crippen LogP contribution in [-0.2, 0) is 14.9 Å². The molecule has 0 amide bonds. The zero-order valence-corrected chi connectivity index (χ0v) is 31.0. The molecule has 4 nitrogen and oxygen atoms in total. The number of benzene rings is 2. The molecule has 2 atom stereocenters. The Morgan fingerprint density at radius 1 is 0.649 bits per heavy atom. The average molecular weight is 902 g/mol. The topological polar surface area (TPSA) is 36.9 Å². The van der Waals surface area contributed by atoms with Gasteiger partial charge < -0.3 is 18.9 Å². The summed E-state index contributed by atoms with van der Waals surface area (Å²) in [6.45, 7) is 11.0. The van der Waals surface area contributed by atoms with Gasteiger partial charge in [-0.2, -0.15) is 0 Å². The van der Waals surface area contributed by atoms with Crippen LogP contribution in [0.25, 0.3) is 0 Å². The summed E-state index contributed by atoms with van der Waals surface area (Å²) in [4.78, 5) is 0. The number of halogens is 6. The number of rotatable bonds is 16. The first-order chi connectivity index (χ1) is 17.6. The number of alkyl halides is 2. The minimum Gasteiger partial charge on any atom is -0.488 e. The van der Waals surface area contributed by atoms with Crippen molar-refractivity contribution in [3.63, 3.8) is 0 Å². The molecular weight excluding hydrogens is 868 g/mol. The van der Waals surface area contributed by atoms with Crippen molar-refractivity contribution in [2.45, 2.75) is 58.2 Å². The summed E-state index contributed by atoms with van der Waals surface area (Å²) in [5, 5.41) is 1.44. The Labute approximate surface area is 272 Å². The van der Waals surface area contributed by atoms with Gasteiger partial charge in [0.2, 0.25) is 0 Å². The largest absolute Gasteiger partial charge is 0.488 e. The molecule has 208 valence electrons. The van der Waals surface area contributed by atoms with E-state index in [1.165, 1.54) is 0 Å². The van der Waals surface area contributed by atoms with Gasteiger partial charge in [-0.1, -0.05) is 59.6 Å². The zero-order valence-electron chi connectivity index (χ0n) is 21.5. The van der Waals surface area contributed by atoms with Crippen molar-refractivity contribution in [1.82, 2.24) is 0 Å². The molecule has 37 heavy (non-hydrogen) atoms. The van der Waals surface area contributed by atoms with Crippen molar-refractivity contribution in [3.8, 4) is 11.5 Å². The minimum absolute atomic E-state index is 0.00619. The van der Waals surface area contributed by atoms with E-state index in [0.717, 1.165) is 64.0 Å². The predicted molar refractivity (Wildman–Crippen MR) is 174 cm³/mol. The fourth-order valence-electron chi connectivity index (χ4n) is 3.48. The van der Waals surface area contributed by atoms with Crippen LogP contribution in [0, 0.1) is 0 Å². The first-order valence-corrected chi connectivity index (χ1v) is 17.6. The molecule has 0 saturated heterocycles. The van der Waals surface area contributed by atoms with Gasteiger partial charge in [0.25, 0.3) is 0 Å². The van der Waals surface area contributed by atoms with Crippen molar-refractivity contribution in [3.05, 3.63) is 53.3 Å². The minimum atomic E-state index is -0.293. The molecule has 2 aromatic rings. The van der Waals surface area contributed by atoms with Gasteiger partial charge in [0.05, 0.1) is 17.9 Å². The lowest BCUT2D eigenvalue weighted by atomic mass is 9.78. The third-order valence-corrected chi connectivity index (χ3v) is 9.53. The molecule has 2 aromatic carbocycles. The van der Waals surface area contributed by atoms with Crippen molar-refractivity contribution in [2.24, 2.45) is 0 Å². The Bertz CT molecular complexity index is 877. The SMILES string of the molecule is CCCOC(CBr)COc1c(Br)cc(C(C)(C)c2cc(Br)c(OCC(CBr)OCCC)c(Br)c2)cc1Br. The standard InChI is InChI=1S/C27H34Br6O4/c1-5-7-34-19(13-28)15-36-25-21(30)9-17(10-22(25)31)27(3,4)18-11-23(32)26(24(33)12-18)37-16-20(14-29)35-8-6-2/h9-12,19-20H,5-8,13-16H2,1-4H3. The monoisotopic (exact) mass is 896 g/mol. The van der Waals surface area contributed by atoms with Gasteiger partial charge >= 0.3 is 0 Å². The number of hydrogen-bond acceptors (Lipinski definition) is 4. The maximum absolute atomic E-state index is 6.13. The van der Waals surface area contributed by atoms with Crippen LogP contribution >= 0.6 is 95.6 Å². The van der Waals surface area contributed by atoms with E-state index in [9.17, 15) is 0 Å². The van der Waals surface area contributed by atoms with E-state index >= 15 is 0 Å². The molecule has 0 bridgehead atoms. The molecule has 0 saturated carbocycles. The van der Waals surface area contributed by atoms with Crippen LogP contribution in [0.15, 0.2) is 42.2 Å². The molecule has 0 N–H and O–H groups in total. The van der Waals surface area contributed by atoms with Crippen LogP contribution in [-0.4, -0.2) is 49.3 Å². The van der Waals surface area contributed by atoms with Crippen LogP contribution in [0.5, 0.6) is 11.5 Å². The molecule has 0 aliphatic heterocycles. The Morgan fingerprint density at radius 3 is 1.24 bits per heavy atom. The highest BCUT2D eigenvalue weighted by atomic mass is 79.9. The Hall–Kier alpha value is 0.840. The third-order valence-electron chi connectivity index (χ3n) is 5.73. The molecular formula is C27H34Br6O4. The third kappa shape index (κ3) is 10.0. The molecule has 2 rings (SSSR count). The molecule has 0 radical (unpaired) electrons.